The topological polar surface area (TPSA) is 107 Å². The summed E-state index contributed by atoms with van der Waals surface area (Å²) < 4.78 is 0. The first-order valence-corrected chi connectivity index (χ1v) is 6.61. The molecule has 7 nitrogen and oxygen atoms in total. The minimum atomic E-state index is -0.266. The molecule has 0 saturated heterocycles. The van der Waals surface area contributed by atoms with Crippen molar-refractivity contribution in [1.82, 2.24) is 25.5 Å². The summed E-state index contributed by atoms with van der Waals surface area (Å²) in [6.45, 7) is 0.293. The van der Waals surface area contributed by atoms with Crippen molar-refractivity contribution in [2.24, 2.45) is 0 Å². The average molecular weight is 286 g/mol. The van der Waals surface area contributed by atoms with Crippen LogP contribution in [0.5, 0.6) is 0 Å². The van der Waals surface area contributed by atoms with Gasteiger partial charge in [0.25, 0.3) is 5.91 Å². The van der Waals surface area contributed by atoms with E-state index >= 15 is 0 Å². The quantitative estimate of drug-likeness (QED) is 0.743. The maximum absolute atomic E-state index is 12.1. The molecule has 0 aromatic carbocycles. The van der Waals surface area contributed by atoms with E-state index < -0.39 is 0 Å². The van der Waals surface area contributed by atoms with Gasteiger partial charge in [-0.1, -0.05) is 0 Å². The van der Waals surface area contributed by atoms with Gasteiger partial charge in [0.15, 0.2) is 0 Å². The molecular weight excluding hydrogens is 276 g/mol. The molecule has 3 aromatic heterocycles. The Labute approximate surface area is 117 Å². The maximum Gasteiger partial charge on any atom is 0.263 e. The monoisotopic (exact) mass is 286 g/mol. The van der Waals surface area contributed by atoms with E-state index in [1.165, 1.54) is 11.3 Å². The van der Waals surface area contributed by atoms with E-state index in [2.05, 4.69) is 25.5 Å². The summed E-state index contributed by atoms with van der Waals surface area (Å²) in [5.74, 6) is -0.266. The Morgan fingerprint density at radius 2 is 2.15 bits per heavy atom. The van der Waals surface area contributed by atoms with Gasteiger partial charge in [-0.3, -0.25) is 4.79 Å². The van der Waals surface area contributed by atoms with Gasteiger partial charge in [-0.2, -0.15) is 10.2 Å². The van der Waals surface area contributed by atoms with E-state index in [9.17, 15) is 4.79 Å². The molecule has 0 aliphatic rings. The van der Waals surface area contributed by atoms with Crippen molar-refractivity contribution in [2.45, 2.75) is 6.54 Å². The molecular formula is C12H10N6OS. The van der Waals surface area contributed by atoms with Crippen molar-refractivity contribution in [3.63, 3.8) is 0 Å². The molecule has 0 aliphatic carbocycles. The number of nitrogens with two attached hydrogens (primary N) is 1. The van der Waals surface area contributed by atoms with Crippen LogP contribution >= 0.6 is 11.3 Å². The van der Waals surface area contributed by atoms with E-state index in [0.29, 0.717) is 33.2 Å². The Bertz CT molecular complexity index is 757. The molecule has 1 amide bonds. The molecule has 0 aliphatic heterocycles. The third-order valence-corrected chi connectivity index (χ3v) is 3.73. The first kappa shape index (κ1) is 12.4. The average Bonchev–Trinajstić information content (AvgIpc) is 2.84. The number of hydrogen-bond donors (Lipinski definition) is 2. The van der Waals surface area contributed by atoms with Crippen LogP contribution in [0, 0.1) is 0 Å². The van der Waals surface area contributed by atoms with Crippen LogP contribution in [-0.4, -0.2) is 26.1 Å². The number of hydrogen-bond acceptors (Lipinski definition) is 7. The molecule has 0 atom stereocenters. The van der Waals surface area contributed by atoms with Crippen LogP contribution in [0.1, 0.15) is 15.4 Å². The smallest absolute Gasteiger partial charge is 0.263 e. The van der Waals surface area contributed by atoms with E-state index in [-0.39, 0.29) is 5.91 Å². The van der Waals surface area contributed by atoms with Crippen LogP contribution < -0.4 is 11.1 Å². The zero-order chi connectivity index (χ0) is 13.9. The number of nitrogen functional groups attached to an aromatic ring is 1. The molecule has 20 heavy (non-hydrogen) atoms. The third-order valence-electron chi connectivity index (χ3n) is 2.63. The number of fused-ring (bicyclic) bond motifs is 1. The minimum absolute atomic E-state index is 0.266. The number of anilines is 1. The summed E-state index contributed by atoms with van der Waals surface area (Å²) >= 11 is 1.22. The molecule has 100 valence electrons. The van der Waals surface area contributed by atoms with Crippen LogP contribution in [0.25, 0.3) is 10.3 Å². The molecule has 3 N–H and O–H groups in total. The molecule has 3 rings (SSSR count). The van der Waals surface area contributed by atoms with E-state index in [1.54, 1.807) is 30.7 Å². The number of nitrogens with one attached hydrogen (secondary N) is 1. The predicted octanol–water partition coefficient (Wildman–Crippen LogP) is 0.993. The van der Waals surface area contributed by atoms with Crippen molar-refractivity contribution in [2.75, 3.05) is 5.73 Å². The number of aromatic nitrogens is 4. The molecule has 0 bridgehead atoms. The van der Waals surface area contributed by atoms with E-state index in [1.807, 2.05) is 0 Å². The van der Waals surface area contributed by atoms with Gasteiger partial charge in [0.2, 0.25) is 0 Å². The summed E-state index contributed by atoms with van der Waals surface area (Å²) in [7, 11) is 0. The number of nitrogens with zero attached hydrogens (tertiary/aromatic N) is 4. The second kappa shape index (κ2) is 5.17. The van der Waals surface area contributed by atoms with E-state index in [0.717, 1.165) is 0 Å². The fraction of sp³-hybridized carbons (Fsp3) is 0.0833. The van der Waals surface area contributed by atoms with Crippen LogP contribution in [0.15, 0.2) is 30.7 Å². The third kappa shape index (κ3) is 2.28. The van der Waals surface area contributed by atoms with Crippen molar-refractivity contribution in [1.29, 1.82) is 0 Å². The number of carbonyl (C=O) groups is 1. The van der Waals surface area contributed by atoms with Crippen molar-refractivity contribution >= 4 is 33.3 Å². The van der Waals surface area contributed by atoms with Crippen molar-refractivity contribution < 1.29 is 4.79 Å². The second-order valence-electron chi connectivity index (χ2n) is 3.95. The van der Waals surface area contributed by atoms with Crippen molar-refractivity contribution in [3.05, 3.63) is 41.3 Å². The standard InChI is InChI=1S/C12H10N6OS/c13-8-9-12(15-5-4-14-9)20-10(8)11(19)16-6-7-2-1-3-17-18-7/h1-5H,6,13H2,(H,16,19). The minimum Gasteiger partial charge on any atom is -0.396 e. The van der Waals surface area contributed by atoms with Gasteiger partial charge in [0.1, 0.15) is 15.2 Å². The number of carbonyl (C=O) groups excluding carboxylic acids is 1. The number of thiophene rings is 1. The maximum atomic E-state index is 12.1. The Balaban J connectivity index is 1.81. The lowest BCUT2D eigenvalue weighted by molar-refractivity contribution is 0.0955. The summed E-state index contributed by atoms with van der Waals surface area (Å²) in [5.41, 5.74) is 7.52. The first-order chi connectivity index (χ1) is 9.75. The zero-order valence-electron chi connectivity index (χ0n) is 10.3. The van der Waals surface area contributed by atoms with Gasteiger partial charge in [-0.25, -0.2) is 9.97 Å². The fourth-order valence-electron chi connectivity index (χ4n) is 1.69. The van der Waals surface area contributed by atoms with E-state index in [4.69, 9.17) is 5.73 Å². The molecule has 0 radical (unpaired) electrons. The molecule has 0 spiro atoms. The summed E-state index contributed by atoms with van der Waals surface area (Å²) in [6, 6.07) is 3.54. The summed E-state index contributed by atoms with van der Waals surface area (Å²) in [6.07, 6.45) is 4.69. The summed E-state index contributed by atoms with van der Waals surface area (Å²) in [4.78, 5) is 21.4. The van der Waals surface area contributed by atoms with Gasteiger partial charge < -0.3 is 11.1 Å². The largest absolute Gasteiger partial charge is 0.396 e. The first-order valence-electron chi connectivity index (χ1n) is 5.79. The Morgan fingerprint density at radius 1 is 1.30 bits per heavy atom. The van der Waals surface area contributed by atoms with Crippen LogP contribution in [0.2, 0.25) is 0 Å². The lowest BCUT2D eigenvalue weighted by atomic mass is 10.3. The molecule has 3 aromatic rings. The van der Waals surface area contributed by atoms with Crippen LogP contribution in [-0.2, 0) is 6.54 Å². The van der Waals surface area contributed by atoms with Gasteiger partial charge in [-0.05, 0) is 12.1 Å². The van der Waals surface area contributed by atoms with Gasteiger partial charge in [-0.15, -0.1) is 11.3 Å². The number of rotatable bonds is 3. The molecule has 0 saturated carbocycles. The highest BCUT2D eigenvalue weighted by Crippen LogP contribution is 2.30. The molecule has 0 unspecified atom stereocenters. The van der Waals surface area contributed by atoms with Gasteiger partial charge >= 0.3 is 0 Å². The molecule has 8 heteroatoms. The molecule has 0 fully saturated rings. The highest BCUT2D eigenvalue weighted by Gasteiger charge is 2.17. The summed E-state index contributed by atoms with van der Waals surface area (Å²) in [5, 5.41) is 10.4. The van der Waals surface area contributed by atoms with Crippen LogP contribution in [0.4, 0.5) is 5.69 Å². The molecule has 3 heterocycles. The second-order valence-corrected chi connectivity index (χ2v) is 4.95. The Hall–Kier alpha value is -2.61. The Kier molecular flexibility index (Phi) is 3.21. The fourth-order valence-corrected chi connectivity index (χ4v) is 2.63. The van der Waals surface area contributed by atoms with Gasteiger partial charge in [0.05, 0.1) is 17.9 Å². The van der Waals surface area contributed by atoms with Crippen molar-refractivity contribution in [3.8, 4) is 0 Å². The normalized spacial score (nSPS) is 10.6. The number of amides is 1. The Morgan fingerprint density at radius 3 is 2.90 bits per heavy atom. The lowest BCUT2D eigenvalue weighted by Gasteiger charge is -2.02. The lowest BCUT2D eigenvalue weighted by Crippen LogP contribution is -2.23. The highest BCUT2D eigenvalue weighted by molar-refractivity contribution is 7.21. The zero-order valence-corrected chi connectivity index (χ0v) is 11.1. The van der Waals surface area contributed by atoms with Crippen LogP contribution in [0.3, 0.4) is 0 Å². The SMILES string of the molecule is Nc1c(C(=O)NCc2cccnn2)sc2nccnc12. The van der Waals surface area contributed by atoms with Gasteiger partial charge in [0, 0.05) is 18.6 Å². The highest BCUT2D eigenvalue weighted by atomic mass is 32.1. The predicted molar refractivity (Wildman–Crippen MR) is 75.0 cm³/mol.